The van der Waals surface area contributed by atoms with Crippen molar-refractivity contribution in [3.8, 4) is 16.9 Å². The Morgan fingerprint density at radius 1 is 1.04 bits per heavy atom. The van der Waals surface area contributed by atoms with E-state index in [1.165, 1.54) is 39.2 Å². The van der Waals surface area contributed by atoms with E-state index in [1.807, 2.05) is 18.2 Å². The smallest absolute Gasteiger partial charge is 0.305 e. The van der Waals surface area contributed by atoms with Gasteiger partial charge in [-0.2, -0.15) is 0 Å². The molecule has 0 bridgehead atoms. The van der Waals surface area contributed by atoms with E-state index >= 15 is 0 Å². The first-order chi connectivity index (χ1) is 12.8. The lowest BCUT2D eigenvalue weighted by Gasteiger charge is -2.22. The Bertz CT molecular complexity index is 703. The van der Waals surface area contributed by atoms with Gasteiger partial charge in [-0.25, -0.2) is 0 Å². The summed E-state index contributed by atoms with van der Waals surface area (Å²) in [6.45, 7) is 0.793. The summed E-state index contributed by atoms with van der Waals surface area (Å²) in [6, 6.07) is 16.6. The van der Waals surface area contributed by atoms with Crippen molar-refractivity contribution in [3.05, 3.63) is 54.1 Å². The third-order valence-electron chi connectivity index (χ3n) is 5.17. The van der Waals surface area contributed by atoms with Crippen LogP contribution in [0, 0.1) is 5.92 Å². The van der Waals surface area contributed by atoms with E-state index in [1.54, 1.807) is 0 Å². The zero-order chi connectivity index (χ0) is 18.2. The van der Waals surface area contributed by atoms with E-state index in [-0.39, 0.29) is 5.97 Å². The van der Waals surface area contributed by atoms with Gasteiger partial charge < -0.3 is 9.47 Å². The molecule has 138 valence electrons. The predicted molar refractivity (Wildman–Crippen MR) is 104 cm³/mol. The van der Waals surface area contributed by atoms with Crippen LogP contribution >= 0.6 is 0 Å². The summed E-state index contributed by atoms with van der Waals surface area (Å²) in [6.07, 6.45) is 7.64. The molecule has 2 aromatic carbocycles. The molecule has 3 nitrogen and oxygen atoms in total. The minimum absolute atomic E-state index is 0.177. The van der Waals surface area contributed by atoms with Crippen LogP contribution in [-0.4, -0.2) is 19.7 Å². The number of methoxy groups -OCH3 is 1. The molecule has 1 saturated carbocycles. The molecule has 0 aromatic heterocycles. The van der Waals surface area contributed by atoms with Crippen LogP contribution in [0.25, 0.3) is 11.1 Å². The highest BCUT2D eigenvalue weighted by Gasteiger charge is 2.16. The van der Waals surface area contributed by atoms with E-state index in [2.05, 4.69) is 30.3 Å². The maximum Gasteiger partial charge on any atom is 0.305 e. The molecule has 0 heterocycles. The van der Waals surface area contributed by atoms with Crippen molar-refractivity contribution in [1.29, 1.82) is 0 Å². The second-order valence-electron chi connectivity index (χ2n) is 7.09. The first-order valence-electron chi connectivity index (χ1n) is 9.64. The minimum Gasteiger partial charge on any atom is -0.493 e. The van der Waals surface area contributed by atoms with Gasteiger partial charge in [0.25, 0.3) is 0 Å². The number of aryl methyl sites for hydroxylation is 1. The third-order valence-corrected chi connectivity index (χ3v) is 5.17. The maximum atomic E-state index is 11.4. The van der Waals surface area contributed by atoms with Crippen molar-refractivity contribution in [2.75, 3.05) is 13.7 Å². The quantitative estimate of drug-likeness (QED) is 0.624. The second-order valence-corrected chi connectivity index (χ2v) is 7.09. The molecule has 26 heavy (non-hydrogen) atoms. The monoisotopic (exact) mass is 352 g/mol. The molecule has 1 aliphatic carbocycles. The molecule has 0 amide bonds. The van der Waals surface area contributed by atoms with Crippen LogP contribution in [0.2, 0.25) is 0 Å². The summed E-state index contributed by atoms with van der Waals surface area (Å²) < 4.78 is 11.0. The Labute approximate surface area is 156 Å². The van der Waals surface area contributed by atoms with Crippen LogP contribution in [0.4, 0.5) is 0 Å². The van der Waals surface area contributed by atoms with Crippen LogP contribution in [0.15, 0.2) is 48.5 Å². The molecule has 0 radical (unpaired) electrons. The average molecular weight is 352 g/mol. The van der Waals surface area contributed by atoms with Crippen LogP contribution in [-0.2, 0) is 16.0 Å². The Hall–Kier alpha value is -2.29. The Morgan fingerprint density at radius 2 is 1.81 bits per heavy atom. The number of hydrogen-bond donors (Lipinski definition) is 0. The second kappa shape index (κ2) is 9.42. The molecular weight excluding hydrogens is 324 g/mol. The highest BCUT2D eigenvalue weighted by Crippen LogP contribution is 2.33. The number of ether oxygens (including phenoxy) is 2. The fourth-order valence-corrected chi connectivity index (χ4v) is 3.61. The molecule has 3 heteroatoms. The van der Waals surface area contributed by atoms with Crippen molar-refractivity contribution in [1.82, 2.24) is 0 Å². The zero-order valence-corrected chi connectivity index (χ0v) is 15.6. The molecule has 1 aliphatic rings. The van der Waals surface area contributed by atoms with Crippen molar-refractivity contribution in [2.24, 2.45) is 5.92 Å². The van der Waals surface area contributed by atoms with Gasteiger partial charge in [-0.1, -0.05) is 55.7 Å². The largest absolute Gasteiger partial charge is 0.493 e. The number of carbonyl (C=O) groups excluding carboxylic acids is 1. The Morgan fingerprint density at radius 3 is 2.54 bits per heavy atom. The summed E-state index contributed by atoms with van der Waals surface area (Å²) in [5.41, 5.74) is 3.37. The normalized spacial score (nSPS) is 14.8. The number of rotatable bonds is 7. The van der Waals surface area contributed by atoms with Gasteiger partial charge in [0.15, 0.2) is 0 Å². The maximum absolute atomic E-state index is 11.4. The van der Waals surface area contributed by atoms with Crippen LogP contribution in [0.3, 0.4) is 0 Å². The van der Waals surface area contributed by atoms with Gasteiger partial charge in [-0.15, -0.1) is 0 Å². The summed E-state index contributed by atoms with van der Waals surface area (Å²) in [4.78, 5) is 11.4. The number of hydrogen-bond acceptors (Lipinski definition) is 3. The lowest BCUT2D eigenvalue weighted by Crippen LogP contribution is -2.15. The van der Waals surface area contributed by atoms with Crippen molar-refractivity contribution in [2.45, 2.75) is 44.9 Å². The van der Waals surface area contributed by atoms with Gasteiger partial charge in [-0.3, -0.25) is 4.79 Å². The summed E-state index contributed by atoms with van der Waals surface area (Å²) in [7, 11) is 1.43. The van der Waals surface area contributed by atoms with E-state index in [0.717, 1.165) is 29.0 Å². The predicted octanol–water partition coefficient (Wildman–Crippen LogP) is 5.42. The summed E-state index contributed by atoms with van der Waals surface area (Å²) >= 11 is 0. The average Bonchev–Trinajstić information content (AvgIpc) is 2.72. The van der Waals surface area contributed by atoms with Crippen LogP contribution < -0.4 is 4.74 Å². The van der Waals surface area contributed by atoms with Gasteiger partial charge in [0.05, 0.1) is 13.7 Å². The highest BCUT2D eigenvalue weighted by atomic mass is 16.5. The summed E-state index contributed by atoms with van der Waals surface area (Å²) in [5.74, 6) is 1.43. The lowest BCUT2D eigenvalue weighted by molar-refractivity contribution is -0.140. The van der Waals surface area contributed by atoms with E-state index in [9.17, 15) is 4.79 Å². The lowest BCUT2D eigenvalue weighted by atomic mass is 9.90. The van der Waals surface area contributed by atoms with Gasteiger partial charge in [0, 0.05) is 12.0 Å². The fourth-order valence-electron chi connectivity index (χ4n) is 3.61. The molecule has 0 unspecified atom stereocenters. The molecular formula is C23H28O3. The molecule has 0 atom stereocenters. The van der Waals surface area contributed by atoms with Crippen molar-refractivity contribution < 1.29 is 14.3 Å². The van der Waals surface area contributed by atoms with Gasteiger partial charge in [0.1, 0.15) is 5.75 Å². The Kier molecular flexibility index (Phi) is 6.70. The van der Waals surface area contributed by atoms with Crippen LogP contribution in [0.5, 0.6) is 5.75 Å². The first kappa shape index (κ1) is 18.5. The van der Waals surface area contributed by atoms with Crippen LogP contribution in [0.1, 0.15) is 44.1 Å². The van der Waals surface area contributed by atoms with E-state index in [0.29, 0.717) is 18.8 Å². The van der Waals surface area contributed by atoms with E-state index in [4.69, 9.17) is 9.47 Å². The molecule has 3 rings (SSSR count). The topological polar surface area (TPSA) is 35.5 Å². The zero-order valence-electron chi connectivity index (χ0n) is 15.6. The fraction of sp³-hybridized carbons (Fsp3) is 0.435. The SMILES string of the molecule is COC(=O)CCc1ccc(OCC2CCCCC2)c(-c2ccccc2)c1. The Balaban J connectivity index is 1.77. The minimum atomic E-state index is -0.177. The molecule has 0 saturated heterocycles. The summed E-state index contributed by atoms with van der Waals surface area (Å²) in [5, 5.41) is 0. The standard InChI is InChI=1S/C23H28O3/c1-25-23(24)15-13-18-12-14-22(26-17-19-8-4-2-5-9-19)21(16-18)20-10-6-3-7-11-20/h3,6-7,10-12,14,16,19H,2,4-5,8-9,13,15,17H2,1H3. The number of esters is 1. The molecule has 0 N–H and O–H groups in total. The first-order valence-corrected chi connectivity index (χ1v) is 9.64. The molecule has 0 spiro atoms. The molecule has 0 aliphatic heterocycles. The number of carbonyl (C=O) groups is 1. The molecule has 2 aromatic rings. The van der Waals surface area contributed by atoms with Crippen molar-refractivity contribution >= 4 is 5.97 Å². The van der Waals surface area contributed by atoms with E-state index < -0.39 is 0 Å². The third kappa shape index (κ3) is 5.10. The molecule has 1 fully saturated rings. The van der Waals surface area contributed by atoms with Gasteiger partial charge >= 0.3 is 5.97 Å². The highest BCUT2D eigenvalue weighted by molar-refractivity contribution is 5.72. The van der Waals surface area contributed by atoms with Gasteiger partial charge in [-0.05, 0) is 48.4 Å². The van der Waals surface area contributed by atoms with Gasteiger partial charge in [0.2, 0.25) is 0 Å². The van der Waals surface area contributed by atoms with Crippen molar-refractivity contribution in [3.63, 3.8) is 0 Å². The number of benzene rings is 2.